The van der Waals surface area contributed by atoms with Crippen LogP contribution in [0, 0.1) is 0 Å². The average molecular weight is 433 g/mol. The highest BCUT2D eigenvalue weighted by Crippen LogP contribution is 2.43. The van der Waals surface area contributed by atoms with Gasteiger partial charge in [-0.3, -0.25) is 0 Å². The topological polar surface area (TPSA) is 0 Å². The summed E-state index contributed by atoms with van der Waals surface area (Å²) in [6.45, 7) is 21.1. The Bertz CT molecular complexity index is 903. The molecule has 154 valence electrons. The molecule has 0 aromatic carbocycles. The molecule has 0 aliphatic rings. The van der Waals surface area contributed by atoms with E-state index in [4.69, 9.17) is 0 Å². The minimum absolute atomic E-state index is 0.246. The van der Waals surface area contributed by atoms with Crippen molar-refractivity contribution in [3.8, 4) is 0 Å². The van der Waals surface area contributed by atoms with Gasteiger partial charge in [-0.1, -0.05) is 62.3 Å². The van der Waals surface area contributed by atoms with Crippen LogP contribution in [0.15, 0.2) is 24.3 Å². The van der Waals surface area contributed by atoms with Crippen LogP contribution in [0.25, 0.3) is 9.40 Å². The van der Waals surface area contributed by atoms with E-state index in [2.05, 4.69) is 86.6 Å². The Morgan fingerprint density at radius 3 is 1.82 bits per heavy atom. The Hall–Kier alpha value is -0.640. The predicted octanol–water partition coefficient (Wildman–Crippen LogP) is 9.48. The zero-order valence-corrected chi connectivity index (χ0v) is 21.5. The molecule has 3 heterocycles. The minimum Gasteiger partial charge on any atom is -0.144 e. The van der Waals surface area contributed by atoms with Gasteiger partial charge in [-0.2, -0.15) is 0 Å². The van der Waals surface area contributed by atoms with E-state index in [1.165, 1.54) is 36.9 Å². The van der Waals surface area contributed by atoms with E-state index < -0.39 is 0 Å². The smallest absolute Gasteiger partial charge is 0.0456 e. The number of hydrogen-bond acceptors (Lipinski definition) is 3. The third kappa shape index (κ3) is 4.74. The third-order valence-electron chi connectivity index (χ3n) is 5.67. The minimum atomic E-state index is 0.246. The number of hydrogen-bond donors (Lipinski definition) is 0. The van der Waals surface area contributed by atoms with Gasteiger partial charge in [0.25, 0.3) is 0 Å². The van der Waals surface area contributed by atoms with Crippen molar-refractivity contribution in [2.24, 2.45) is 0 Å². The van der Waals surface area contributed by atoms with Crippen LogP contribution < -0.4 is 0 Å². The lowest BCUT2D eigenvalue weighted by molar-refractivity contribution is 0.448. The molecule has 0 aliphatic heterocycles. The van der Waals surface area contributed by atoms with E-state index in [1.807, 2.05) is 34.0 Å². The van der Waals surface area contributed by atoms with Crippen molar-refractivity contribution in [2.75, 3.05) is 0 Å². The summed E-state index contributed by atoms with van der Waals surface area (Å²) in [5, 5.41) is 0. The Balaban J connectivity index is 1.69. The Labute approximate surface area is 184 Å². The highest BCUT2D eigenvalue weighted by molar-refractivity contribution is 7.27. The van der Waals surface area contributed by atoms with Gasteiger partial charge in [0.2, 0.25) is 0 Å². The summed E-state index contributed by atoms with van der Waals surface area (Å²) in [4.78, 5) is 6.09. The first-order chi connectivity index (χ1) is 12.8. The van der Waals surface area contributed by atoms with Crippen molar-refractivity contribution >= 4 is 43.4 Å². The van der Waals surface area contributed by atoms with Crippen LogP contribution in [0.1, 0.15) is 101 Å². The van der Waals surface area contributed by atoms with Crippen molar-refractivity contribution in [3.63, 3.8) is 0 Å². The quantitative estimate of drug-likeness (QED) is 0.376. The third-order valence-corrected chi connectivity index (χ3v) is 10.5. The molecule has 3 rings (SSSR count). The van der Waals surface area contributed by atoms with Gasteiger partial charge in [0, 0.05) is 28.9 Å². The molecule has 3 aromatic rings. The maximum absolute atomic E-state index is 2.46. The summed E-state index contributed by atoms with van der Waals surface area (Å²) in [6, 6.07) is 9.58. The van der Waals surface area contributed by atoms with E-state index in [0.29, 0.717) is 5.92 Å². The van der Waals surface area contributed by atoms with Gasteiger partial charge < -0.3 is 0 Å². The molecule has 3 aromatic heterocycles. The second kappa shape index (κ2) is 7.56. The van der Waals surface area contributed by atoms with Gasteiger partial charge in [0.15, 0.2) is 0 Å². The highest BCUT2D eigenvalue weighted by atomic mass is 32.1. The fourth-order valence-electron chi connectivity index (χ4n) is 3.41. The zero-order chi connectivity index (χ0) is 20.9. The molecule has 28 heavy (non-hydrogen) atoms. The summed E-state index contributed by atoms with van der Waals surface area (Å²) < 4.78 is 2.95. The Kier molecular flexibility index (Phi) is 5.95. The monoisotopic (exact) mass is 432 g/mol. The van der Waals surface area contributed by atoms with Gasteiger partial charge in [0.05, 0.1) is 0 Å². The van der Waals surface area contributed by atoms with Crippen molar-refractivity contribution in [2.45, 2.75) is 97.3 Å². The lowest BCUT2D eigenvalue weighted by Gasteiger charge is -2.25. The summed E-state index contributed by atoms with van der Waals surface area (Å²) in [7, 11) is 0. The fourth-order valence-corrected chi connectivity index (χ4v) is 7.16. The Morgan fingerprint density at radius 1 is 0.714 bits per heavy atom. The van der Waals surface area contributed by atoms with Crippen molar-refractivity contribution in [1.82, 2.24) is 0 Å². The SMILES string of the molecule is CC(CCC(C)(C)c1ccc(C(C)(C)C)s1)c1cc2sc(C(C)(C)C)cc2s1. The number of rotatable bonds is 5. The molecule has 0 fully saturated rings. The summed E-state index contributed by atoms with van der Waals surface area (Å²) in [5.41, 5.74) is 0.753. The Morgan fingerprint density at radius 2 is 1.29 bits per heavy atom. The van der Waals surface area contributed by atoms with E-state index in [0.717, 1.165) is 0 Å². The second-order valence-corrected chi connectivity index (χ2v) is 14.3. The molecule has 0 aliphatic carbocycles. The van der Waals surface area contributed by atoms with Crippen LogP contribution in [0.4, 0.5) is 0 Å². The molecule has 0 radical (unpaired) electrons. The molecule has 1 atom stereocenters. The molecular weight excluding hydrogens is 396 g/mol. The van der Waals surface area contributed by atoms with Gasteiger partial charge in [-0.05, 0) is 59.3 Å². The van der Waals surface area contributed by atoms with E-state index in [9.17, 15) is 0 Å². The molecule has 0 bridgehead atoms. The maximum atomic E-state index is 2.46. The zero-order valence-electron chi connectivity index (χ0n) is 19.0. The highest BCUT2D eigenvalue weighted by Gasteiger charge is 2.26. The molecule has 0 saturated carbocycles. The van der Waals surface area contributed by atoms with Crippen LogP contribution in [-0.2, 0) is 16.2 Å². The van der Waals surface area contributed by atoms with Gasteiger partial charge in [0.1, 0.15) is 0 Å². The lowest BCUT2D eigenvalue weighted by atomic mass is 9.83. The van der Waals surface area contributed by atoms with Crippen molar-refractivity contribution in [1.29, 1.82) is 0 Å². The molecule has 3 heteroatoms. The van der Waals surface area contributed by atoms with Crippen LogP contribution in [-0.4, -0.2) is 0 Å². The molecule has 1 unspecified atom stereocenters. The molecule has 0 N–H and O–H groups in total. The summed E-state index contributed by atoms with van der Waals surface area (Å²) in [6.07, 6.45) is 2.48. The van der Waals surface area contributed by atoms with Crippen LogP contribution >= 0.6 is 34.0 Å². The fraction of sp³-hybridized carbons (Fsp3) is 0.600. The van der Waals surface area contributed by atoms with Gasteiger partial charge in [-0.15, -0.1) is 34.0 Å². The van der Waals surface area contributed by atoms with Gasteiger partial charge >= 0.3 is 0 Å². The molecule has 0 saturated heterocycles. The standard InChI is InChI=1S/C25H36S3/c1-16(17-14-18-19(26-17)15-22(27-18)24(5,6)7)12-13-25(8,9)21-11-10-20(28-21)23(2,3)4/h10-11,14-16H,12-13H2,1-9H3. The van der Waals surface area contributed by atoms with Crippen molar-refractivity contribution in [3.05, 3.63) is 43.8 Å². The van der Waals surface area contributed by atoms with Gasteiger partial charge in [-0.25, -0.2) is 0 Å². The molecule has 0 nitrogen and oxygen atoms in total. The van der Waals surface area contributed by atoms with Crippen LogP contribution in [0.3, 0.4) is 0 Å². The maximum Gasteiger partial charge on any atom is 0.0456 e. The summed E-state index contributed by atoms with van der Waals surface area (Å²) >= 11 is 6.00. The lowest BCUT2D eigenvalue weighted by Crippen LogP contribution is -2.16. The normalized spacial score (nSPS) is 14.8. The first-order valence-electron chi connectivity index (χ1n) is 10.4. The predicted molar refractivity (Wildman–Crippen MR) is 132 cm³/mol. The van der Waals surface area contributed by atoms with E-state index >= 15 is 0 Å². The molecule has 0 amide bonds. The van der Waals surface area contributed by atoms with Crippen LogP contribution in [0.5, 0.6) is 0 Å². The number of thiophene rings is 3. The summed E-state index contributed by atoms with van der Waals surface area (Å²) in [5.74, 6) is 0.629. The van der Waals surface area contributed by atoms with E-state index in [1.54, 1.807) is 4.88 Å². The van der Waals surface area contributed by atoms with Crippen molar-refractivity contribution < 1.29 is 0 Å². The second-order valence-electron chi connectivity index (χ2n) is 11.0. The number of fused-ring (bicyclic) bond motifs is 1. The largest absolute Gasteiger partial charge is 0.144 e. The van der Waals surface area contributed by atoms with E-state index in [-0.39, 0.29) is 16.2 Å². The average Bonchev–Trinajstić information content (AvgIpc) is 3.24. The molecular formula is C25H36S3. The first kappa shape index (κ1) is 22.1. The first-order valence-corrected chi connectivity index (χ1v) is 12.9. The van der Waals surface area contributed by atoms with Crippen LogP contribution in [0.2, 0.25) is 0 Å². The molecule has 0 spiro atoms.